The molecule has 0 N–H and O–H groups in total. The molecule has 0 saturated carbocycles. The summed E-state index contributed by atoms with van der Waals surface area (Å²) >= 11 is 0. The minimum absolute atomic E-state index is 0.122. The molecular formula is C24H30N2O5S. The standard InChI is InChI=1S/C24H30N2O5S/c1-30-16-17-31-22-6-8-23(9-7-22)32(28,29)26-14-11-20(12-15-26)24(27)25-13-10-19-4-2-3-5-21(19)18-25/h2-9,20H,10-18H2,1H3. The molecule has 0 radical (unpaired) electrons. The number of amides is 1. The van der Waals surface area contributed by atoms with Crippen LogP contribution in [0.15, 0.2) is 53.4 Å². The van der Waals surface area contributed by atoms with Crippen molar-refractivity contribution < 1.29 is 22.7 Å². The largest absolute Gasteiger partial charge is 0.491 e. The normalized spacial score (nSPS) is 17.7. The van der Waals surface area contributed by atoms with Gasteiger partial charge in [-0.05, 0) is 54.7 Å². The van der Waals surface area contributed by atoms with Crippen LogP contribution in [0.4, 0.5) is 0 Å². The van der Waals surface area contributed by atoms with E-state index in [1.165, 1.54) is 15.4 Å². The van der Waals surface area contributed by atoms with E-state index in [2.05, 4.69) is 12.1 Å². The van der Waals surface area contributed by atoms with Crippen LogP contribution in [0, 0.1) is 5.92 Å². The molecule has 172 valence electrons. The summed E-state index contributed by atoms with van der Waals surface area (Å²) in [6, 6.07) is 14.7. The molecule has 2 heterocycles. The summed E-state index contributed by atoms with van der Waals surface area (Å²) in [7, 11) is -1.99. The van der Waals surface area contributed by atoms with E-state index in [1.807, 2.05) is 17.0 Å². The quantitative estimate of drug-likeness (QED) is 0.597. The summed E-state index contributed by atoms with van der Waals surface area (Å²) in [6.07, 6.45) is 1.98. The zero-order valence-corrected chi connectivity index (χ0v) is 19.2. The molecule has 1 fully saturated rings. The lowest BCUT2D eigenvalue weighted by molar-refractivity contribution is -0.137. The average Bonchev–Trinajstić information content (AvgIpc) is 2.84. The van der Waals surface area contributed by atoms with Gasteiger partial charge in [-0.15, -0.1) is 0 Å². The van der Waals surface area contributed by atoms with E-state index >= 15 is 0 Å². The van der Waals surface area contributed by atoms with Crippen LogP contribution in [0.2, 0.25) is 0 Å². The maximum Gasteiger partial charge on any atom is 0.243 e. The second-order valence-electron chi connectivity index (χ2n) is 8.27. The first-order chi connectivity index (χ1) is 15.5. The highest BCUT2D eigenvalue weighted by Crippen LogP contribution is 2.28. The highest BCUT2D eigenvalue weighted by atomic mass is 32.2. The molecule has 4 rings (SSSR count). The van der Waals surface area contributed by atoms with Crippen LogP contribution in [0.1, 0.15) is 24.0 Å². The van der Waals surface area contributed by atoms with Crippen molar-refractivity contribution >= 4 is 15.9 Å². The number of hydrogen-bond acceptors (Lipinski definition) is 5. The molecule has 2 aromatic carbocycles. The van der Waals surface area contributed by atoms with Gasteiger partial charge in [0.05, 0.1) is 11.5 Å². The number of ether oxygens (including phenoxy) is 2. The molecule has 0 unspecified atom stereocenters. The van der Waals surface area contributed by atoms with Gasteiger partial charge in [-0.25, -0.2) is 8.42 Å². The van der Waals surface area contributed by atoms with Crippen LogP contribution in [0.3, 0.4) is 0 Å². The maximum absolute atomic E-state index is 13.1. The van der Waals surface area contributed by atoms with Crippen LogP contribution in [-0.2, 0) is 32.5 Å². The van der Waals surface area contributed by atoms with E-state index in [0.717, 1.165) is 13.0 Å². The zero-order valence-electron chi connectivity index (χ0n) is 18.4. The summed E-state index contributed by atoms with van der Waals surface area (Å²) in [4.78, 5) is 15.2. The second-order valence-corrected chi connectivity index (χ2v) is 10.2. The van der Waals surface area contributed by atoms with Crippen molar-refractivity contribution in [3.8, 4) is 5.75 Å². The molecule has 0 spiro atoms. The number of benzene rings is 2. The van der Waals surface area contributed by atoms with E-state index < -0.39 is 10.0 Å². The van der Waals surface area contributed by atoms with Gasteiger partial charge in [0.15, 0.2) is 0 Å². The molecule has 7 nitrogen and oxygen atoms in total. The summed E-state index contributed by atoms with van der Waals surface area (Å²) in [5.74, 6) is 0.630. The number of carbonyl (C=O) groups is 1. The van der Waals surface area contributed by atoms with Crippen molar-refractivity contribution in [2.24, 2.45) is 5.92 Å². The number of piperidine rings is 1. The van der Waals surface area contributed by atoms with Gasteiger partial charge in [0.25, 0.3) is 0 Å². The van der Waals surface area contributed by atoms with Crippen molar-refractivity contribution in [3.05, 3.63) is 59.7 Å². The van der Waals surface area contributed by atoms with Gasteiger partial charge in [-0.1, -0.05) is 24.3 Å². The third-order valence-electron chi connectivity index (χ3n) is 6.26. The lowest BCUT2D eigenvalue weighted by atomic mass is 9.94. The molecule has 32 heavy (non-hydrogen) atoms. The van der Waals surface area contributed by atoms with E-state index in [4.69, 9.17) is 9.47 Å². The number of hydrogen-bond donors (Lipinski definition) is 0. The Labute approximate surface area is 190 Å². The van der Waals surface area contributed by atoms with E-state index in [0.29, 0.717) is 51.4 Å². The Hall–Kier alpha value is -2.42. The van der Waals surface area contributed by atoms with Gasteiger partial charge in [0.1, 0.15) is 12.4 Å². The highest BCUT2D eigenvalue weighted by molar-refractivity contribution is 7.89. The predicted molar refractivity (Wildman–Crippen MR) is 121 cm³/mol. The summed E-state index contributed by atoms with van der Waals surface area (Å²) in [6.45, 7) is 2.97. The van der Waals surface area contributed by atoms with Crippen LogP contribution >= 0.6 is 0 Å². The monoisotopic (exact) mass is 458 g/mol. The number of carbonyl (C=O) groups excluding carboxylic acids is 1. The number of nitrogens with zero attached hydrogens (tertiary/aromatic N) is 2. The molecule has 2 aliphatic rings. The first kappa shape index (κ1) is 22.8. The third-order valence-corrected chi connectivity index (χ3v) is 8.18. The van der Waals surface area contributed by atoms with E-state index in [1.54, 1.807) is 31.4 Å². The highest BCUT2D eigenvalue weighted by Gasteiger charge is 2.34. The van der Waals surface area contributed by atoms with Crippen LogP contribution < -0.4 is 4.74 Å². The second kappa shape index (κ2) is 10.0. The maximum atomic E-state index is 13.1. The van der Waals surface area contributed by atoms with Crippen molar-refractivity contribution in [1.29, 1.82) is 0 Å². The topological polar surface area (TPSA) is 76.1 Å². The van der Waals surface area contributed by atoms with Gasteiger partial charge in [-0.2, -0.15) is 4.31 Å². The fourth-order valence-corrected chi connectivity index (χ4v) is 5.85. The summed E-state index contributed by atoms with van der Waals surface area (Å²) in [5, 5.41) is 0. The van der Waals surface area contributed by atoms with Gasteiger partial charge < -0.3 is 14.4 Å². The molecule has 2 aromatic rings. The van der Waals surface area contributed by atoms with E-state index in [-0.39, 0.29) is 16.7 Å². The number of rotatable bonds is 7. The fraction of sp³-hybridized carbons (Fsp3) is 0.458. The summed E-state index contributed by atoms with van der Waals surface area (Å²) < 4.78 is 38.0. The molecule has 1 amide bonds. The average molecular weight is 459 g/mol. The Morgan fingerprint density at radius 2 is 1.66 bits per heavy atom. The van der Waals surface area contributed by atoms with Gasteiger partial charge in [-0.3, -0.25) is 4.79 Å². The third kappa shape index (κ3) is 4.98. The molecular weight excluding hydrogens is 428 g/mol. The minimum atomic E-state index is -3.59. The molecule has 1 saturated heterocycles. The molecule has 0 bridgehead atoms. The first-order valence-corrected chi connectivity index (χ1v) is 12.5. The zero-order chi connectivity index (χ0) is 22.6. The Kier molecular flexibility index (Phi) is 7.13. The number of methoxy groups -OCH3 is 1. The van der Waals surface area contributed by atoms with Crippen molar-refractivity contribution in [2.75, 3.05) is 40.0 Å². The Bertz CT molecular complexity index is 1030. The van der Waals surface area contributed by atoms with Crippen molar-refractivity contribution in [3.63, 3.8) is 0 Å². The van der Waals surface area contributed by atoms with E-state index in [9.17, 15) is 13.2 Å². The van der Waals surface area contributed by atoms with Crippen molar-refractivity contribution in [2.45, 2.75) is 30.7 Å². The molecule has 8 heteroatoms. The van der Waals surface area contributed by atoms with Gasteiger partial charge in [0.2, 0.25) is 15.9 Å². The lowest BCUT2D eigenvalue weighted by Gasteiger charge is -2.35. The first-order valence-electron chi connectivity index (χ1n) is 11.1. The van der Waals surface area contributed by atoms with Crippen molar-refractivity contribution in [1.82, 2.24) is 9.21 Å². The van der Waals surface area contributed by atoms with Crippen LogP contribution in [-0.4, -0.2) is 63.5 Å². The minimum Gasteiger partial charge on any atom is -0.491 e. The molecule has 2 aliphatic heterocycles. The van der Waals surface area contributed by atoms with Gasteiger partial charge >= 0.3 is 0 Å². The fourth-order valence-electron chi connectivity index (χ4n) is 4.38. The smallest absolute Gasteiger partial charge is 0.243 e. The van der Waals surface area contributed by atoms with Gasteiger partial charge in [0, 0.05) is 39.2 Å². The molecule has 0 aromatic heterocycles. The van der Waals surface area contributed by atoms with Crippen LogP contribution in [0.5, 0.6) is 5.75 Å². The molecule has 0 aliphatic carbocycles. The Morgan fingerprint density at radius 3 is 2.34 bits per heavy atom. The number of fused-ring (bicyclic) bond motifs is 1. The lowest BCUT2D eigenvalue weighted by Crippen LogP contribution is -2.45. The summed E-state index contributed by atoms with van der Waals surface area (Å²) in [5.41, 5.74) is 2.52. The Morgan fingerprint density at radius 1 is 0.969 bits per heavy atom. The Balaban J connectivity index is 1.33. The molecule has 0 atom stereocenters. The number of sulfonamides is 1. The SMILES string of the molecule is COCCOc1ccc(S(=O)(=O)N2CCC(C(=O)N3CCc4ccccc4C3)CC2)cc1. The predicted octanol–water partition coefficient (Wildman–Crippen LogP) is 2.70. The van der Waals surface area contributed by atoms with Crippen LogP contribution in [0.25, 0.3) is 0 Å².